The summed E-state index contributed by atoms with van der Waals surface area (Å²) in [5.74, 6) is -0.149. The first kappa shape index (κ1) is 18.0. The Kier molecular flexibility index (Phi) is 5.67. The Bertz CT molecular complexity index is 767. The van der Waals surface area contributed by atoms with Crippen LogP contribution in [0, 0.1) is 0 Å². The summed E-state index contributed by atoms with van der Waals surface area (Å²) in [5, 5.41) is 14.6. The number of aryl methyl sites for hydroxylation is 1. The van der Waals surface area contributed by atoms with E-state index >= 15 is 0 Å². The highest BCUT2D eigenvalue weighted by molar-refractivity contribution is 5.91. The zero-order valence-corrected chi connectivity index (χ0v) is 15.7. The molecule has 0 spiro atoms. The molecule has 3 heterocycles. The van der Waals surface area contributed by atoms with E-state index in [1.807, 2.05) is 0 Å². The van der Waals surface area contributed by atoms with Gasteiger partial charge in [-0.25, -0.2) is 0 Å². The first-order valence-corrected chi connectivity index (χ1v) is 10.0. The van der Waals surface area contributed by atoms with E-state index in [2.05, 4.69) is 50.1 Å². The molecule has 2 aliphatic heterocycles. The molecule has 2 aliphatic rings. The lowest BCUT2D eigenvalue weighted by molar-refractivity contribution is 0.0949. The summed E-state index contributed by atoms with van der Waals surface area (Å²) in [6.07, 6.45) is 7.65. The van der Waals surface area contributed by atoms with Crippen molar-refractivity contribution in [1.82, 2.24) is 25.6 Å². The second-order valence-electron chi connectivity index (χ2n) is 7.42. The standard InChI is InChI=1S/C20H28N6O/c27-20(22-11-14-25-12-8-16-5-1-2-7-19(16)25)18-15-26(24-23-18)13-9-17-6-3-4-10-21-17/h1-2,5,7,15,17,21H,3-4,6,8-14H2,(H,22,27)/t17-/m1/s1. The Morgan fingerprint density at radius 2 is 2.19 bits per heavy atom. The third-order valence-electron chi connectivity index (χ3n) is 5.54. The van der Waals surface area contributed by atoms with Crippen LogP contribution in [0.4, 0.5) is 5.69 Å². The number of para-hydroxylation sites is 1. The van der Waals surface area contributed by atoms with Crippen molar-refractivity contribution in [2.75, 3.05) is 31.1 Å². The van der Waals surface area contributed by atoms with Crippen molar-refractivity contribution in [3.05, 3.63) is 41.7 Å². The molecule has 4 rings (SSSR count). The van der Waals surface area contributed by atoms with Gasteiger partial charge in [-0.15, -0.1) is 5.10 Å². The second-order valence-corrected chi connectivity index (χ2v) is 7.42. The highest BCUT2D eigenvalue weighted by atomic mass is 16.2. The van der Waals surface area contributed by atoms with Crippen molar-refractivity contribution >= 4 is 11.6 Å². The SMILES string of the molecule is O=C(NCCN1CCc2ccccc21)c1cn(CC[C@H]2CCCCN2)nn1. The fourth-order valence-corrected chi connectivity index (χ4v) is 4.00. The van der Waals surface area contributed by atoms with Gasteiger partial charge in [0.2, 0.25) is 0 Å². The number of carbonyl (C=O) groups is 1. The smallest absolute Gasteiger partial charge is 0.273 e. The lowest BCUT2D eigenvalue weighted by Gasteiger charge is -2.23. The van der Waals surface area contributed by atoms with Gasteiger partial charge in [-0.3, -0.25) is 9.48 Å². The fraction of sp³-hybridized carbons (Fsp3) is 0.550. The van der Waals surface area contributed by atoms with Gasteiger partial charge >= 0.3 is 0 Å². The van der Waals surface area contributed by atoms with Gasteiger partial charge in [0.05, 0.1) is 6.20 Å². The molecule has 1 atom stereocenters. The summed E-state index contributed by atoms with van der Waals surface area (Å²) in [6.45, 7) is 4.33. The minimum Gasteiger partial charge on any atom is -0.369 e. The van der Waals surface area contributed by atoms with Gasteiger partial charge in [-0.1, -0.05) is 29.8 Å². The van der Waals surface area contributed by atoms with Gasteiger partial charge in [0, 0.05) is 37.9 Å². The molecule has 0 aliphatic carbocycles. The van der Waals surface area contributed by atoms with Crippen LogP contribution in [0.15, 0.2) is 30.5 Å². The number of nitrogens with zero attached hydrogens (tertiary/aromatic N) is 4. The van der Waals surface area contributed by atoms with Crippen LogP contribution in [0.1, 0.15) is 41.7 Å². The van der Waals surface area contributed by atoms with E-state index in [4.69, 9.17) is 0 Å². The Labute approximate surface area is 160 Å². The first-order chi connectivity index (χ1) is 13.3. The summed E-state index contributed by atoms with van der Waals surface area (Å²) < 4.78 is 1.78. The quantitative estimate of drug-likeness (QED) is 0.777. The topological polar surface area (TPSA) is 75.1 Å². The maximum atomic E-state index is 12.3. The molecule has 1 fully saturated rings. The van der Waals surface area contributed by atoms with Crippen LogP contribution in [0.25, 0.3) is 0 Å². The average Bonchev–Trinajstić information content (AvgIpc) is 3.35. The average molecular weight is 368 g/mol. The predicted molar refractivity (Wildman–Crippen MR) is 105 cm³/mol. The molecule has 2 N–H and O–H groups in total. The van der Waals surface area contributed by atoms with Crippen LogP contribution in [-0.4, -0.2) is 53.1 Å². The van der Waals surface area contributed by atoms with Crippen molar-refractivity contribution < 1.29 is 4.79 Å². The summed E-state index contributed by atoms with van der Waals surface area (Å²) in [4.78, 5) is 14.6. The number of hydrogen-bond donors (Lipinski definition) is 2. The maximum Gasteiger partial charge on any atom is 0.273 e. The van der Waals surface area contributed by atoms with Gasteiger partial charge in [-0.2, -0.15) is 0 Å². The summed E-state index contributed by atoms with van der Waals surface area (Å²) in [7, 11) is 0. The molecule has 0 unspecified atom stereocenters. The Hall–Kier alpha value is -2.41. The molecule has 1 aromatic carbocycles. The Morgan fingerprint density at radius 3 is 3.07 bits per heavy atom. The van der Waals surface area contributed by atoms with Crippen molar-refractivity contribution in [3.63, 3.8) is 0 Å². The minimum atomic E-state index is -0.149. The highest BCUT2D eigenvalue weighted by Crippen LogP contribution is 2.26. The van der Waals surface area contributed by atoms with Crippen LogP contribution < -0.4 is 15.5 Å². The molecule has 144 valence electrons. The molecule has 27 heavy (non-hydrogen) atoms. The molecule has 1 aromatic heterocycles. The van der Waals surface area contributed by atoms with Crippen molar-refractivity contribution in [1.29, 1.82) is 0 Å². The number of carbonyl (C=O) groups excluding carboxylic acids is 1. The molecule has 1 amide bonds. The lowest BCUT2D eigenvalue weighted by Crippen LogP contribution is -2.34. The van der Waals surface area contributed by atoms with Crippen molar-refractivity contribution in [3.8, 4) is 0 Å². The van der Waals surface area contributed by atoms with E-state index in [1.165, 1.54) is 30.5 Å². The number of anilines is 1. The number of rotatable bonds is 7. The molecule has 0 radical (unpaired) electrons. The fourth-order valence-electron chi connectivity index (χ4n) is 4.00. The predicted octanol–water partition coefficient (Wildman–Crippen LogP) is 1.60. The first-order valence-electron chi connectivity index (χ1n) is 10.0. The maximum absolute atomic E-state index is 12.3. The number of benzene rings is 1. The summed E-state index contributed by atoms with van der Waals surface area (Å²) >= 11 is 0. The molecule has 0 bridgehead atoms. The van der Waals surface area contributed by atoms with Gasteiger partial charge in [0.1, 0.15) is 0 Å². The van der Waals surface area contributed by atoms with Crippen molar-refractivity contribution in [2.45, 2.75) is 44.7 Å². The van der Waals surface area contributed by atoms with Gasteiger partial charge in [0.25, 0.3) is 5.91 Å². The number of aromatic nitrogens is 3. The number of amides is 1. The van der Waals surface area contributed by atoms with Crippen LogP contribution in [0.5, 0.6) is 0 Å². The van der Waals surface area contributed by atoms with E-state index in [0.29, 0.717) is 18.3 Å². The molecular formula is C20H28N6O. The minimum absolute atomic E-state index is 0.149. The van der Waals surface area contributed by atoms with Crippen LogP contribution in [-0.2, 0) is 13.0 Å². The molecule has 0 saturated carbocycles. The van der Waals surface area contributed by atoms with E-state index < -0.39 is 0 Å². The lowest BCUT2D eigenvalue weighted by atomic mass is 10.0. The molecule has 7 heteroatoms. The van der Waals surface area contributed by atoms with Crippen LogP contribution in [0.2, 0.25) is 0 Å². The van der Waals surface area contributed by atoms with Gasteiger partial charge in [0.15, 0.2) is 5.69 Å². The zero-order chi connectivity index (χ0) is 18.5. The highest BCUT2D eigenvalue weighted by Gasteiger charge is 2.18. The van der Waals surface area contributed by atoms with E-state index in [9.17, 15) is 4.79 Å². The number of fused-ring (bicyclic) bond motifs is 1. The number of nitrogens with one attached hydrogen (secondary N) is 2. The van der Waals surface area contributed by atoms with E-state index in [0.717, 1.165) is 39.0 Å². The Morgan fingerprint density at radius 1 is 1.26 bits per heavy atom. The molecule has 7 nitrogen and oxygen atoms in total. The molecular weight excluding hydrogens is 340 g/mol. The van der Waals surface area contributed by atoms with Crippen molar-refractivity contribution in [2.24, 2.45) is 0 Å². The summed E-state index contributed by atoms with van der Waals surface area (Å²) in [6, 6.07) is 9.03. The number of hydrogen-bond acceptors (Lipinski definition) is 5. The summed E-state index contributed by atoms with van der Waals surface area (Å²) in [5.41, 5.74) is 3.07. The van der Waals surface area contributed by atoms with E-state index in [1.54, 1.807) is 10.9 Å². The van der Waals surface area contributed by atoms with Gasteiger partial charge in [-0.05, 0) is 43.9 Å². The number of piperidine rings is 1. The normalized spacial score (nSPS) is 19.1. The van der Waals surface area contributed by atoms with E-state index in [-0.39, 0.29) is 5.91 Å². The molecule has 1 saturated heterocycles. The molecule has 2 aromatic rings. The van der Waals surface area contributed by atoms with Gasteiger partial charge < -0.3 is 15.5 Å². The second kappa shape index (κ2) is 8.52. The Balaban J connectivity index is 1.21. The van der Waals surface area contributed by atoms with Crippen LogP contribution in [0.3, 0.4) is 0 Å². The largest absolute Gasteiger partial charge is 0.369 e. The zero-order valence-electron chi connectivity index (χ0n) is 15.7. The third-order valence-corrected chi connectivity index (χ3v) is 5.54. The van der Waals surface area contributed by atoms with Crippen LogP contribution >= 0.6 is 0 Å². The third kappa shape index (κ3) is 4.47. The monoisotopic (exact) mass is 368 g/mol.